The Morgan fingerprint density at radius 2 is 2.29 bits per heavy atom. The summed E-state index contributed by atoms with van der Waals surface area (Å²) in [6.07, 6.45) is 3.55. The van der Waals surface area contributed by atoms with E-state index in [4.69, 9.17) is 4.52 Å². The van der Waals surface area contributed by atoms with Crippen molar-refractivity contribution < 1.29 is 9.63 Å². The van der Waals surface area contributed by atoms with Gasteiger partial charge in [0.05, 0.1) is 24.5 Å². The van der Waals surface area contributed by atoms with Crippen molar-refractivity contribution in [3.8, 4) is 11.5 Å². The van der Waals surface area contributed by atoms with Crippen LogP contribution in [-0.4, -0.2) is 30.9 Å². The Bertz CT molecular complexity index is 491. The molecule has 0 aliphatic carbocycles. The number of imidazole rings is 1. The lowest BCUT2D eigenvalue weighted by atomic mass is 10.0. The molecule has 0 aliphatic rings. The number of aryl methyl sites for hydroxylation is 1. The Balaban J connectivity index is 2.25. The summed E-state index contributed by atoms with van der Waals surface area (Å²) in [6, 6.07) is 0. The first-order chi connectivity index (χ1) is 8.13. The van der Waals surface area contributed by atoms with Crippen LogP contribution < -0.4 is 0 Å². The normalized spacial score (nSPS) is 14.8. The van der Waals surface area contributed by atoms with Gasteiger partial charge in [0, 0.05) is 7.05 Å². The number of hydrogen-bond donors (Lipinski definition) is 1. The molecule has 0 aromatic carbocycles. The van der Waals surface area contributed by atoms with E-state index in [1.165, 1.54) is 0 Å². The molecule has 92 valence electrons. The summed E-state index contributed by atoms with van der Waals surface area (Å²) in [5.74, 6) is 0.792. The number of aliphatic hydroxyl groups excluding tert-OH is 1. The summed E-state index contributed by atoms with van der Waals surface area (Å²) in [7, 11) is 1.86. The summed E-state index contributed by atoms with van der Waals surface area (Å²) in [5.41, 5.74) is 0.790. The molecule has 0 saturated carbocycles. The average Bonchev–Trinajstić information content (AvgIpc) is 2.95. The van der Waals surface area contributed by atoms with Crippen LogP contribution >= 0.6 is 0 Å². The molecule has 2 aromatic heterocycles. The molecular formula is C11H16N4O2. The van der Waals surface area contributed by atoms with Gasteiger partial charge >= 0.3 is 0 Å². The fraction of sp³-hybridized carbons (Fsp3) is 0.545. The highest BCUT2D eigenvalue weighted by molar-refractivity contribution is 5.47. The minimum atomic E-state index is -0.463. The number of hydrogen-bond acceptors (Lipinski definition) is 5. The van der Waals surface area contributed by atoms with Gasteiger partial charge in [-0.1, -0.05) is 19.0 Å². The lowest BCUT2D eigenvalue weighted by Gasteiger charge is -2.11. The van der Waals surface area contributed by atoms with E-state index in [0.717, 1.165) is 5.69 Å². The topological polar surface area (TPSA) is 77.0 Å². The predicted molar refractivity (Wildman–Crippen MR) is 61.2 cm³/mol. The first-order valence-corrected chi connectivity index (χ1v) is 5.61. The molecule has 0 aliphatic heterocycles. The zero-order valence-corrected chi connectivity index (χ0v) is 10.2. The van der Waals surface area contributed by atoms with Crippen LogP contribution in [0, 0.1) is 0 Å². The van der Waals surface area contributed by atoms with Gasteiger partial charge in [0.1, 0.15) is 5.69 Å². The maximum absolute atomic E-state index is 9.73. The second-order valence-electron chi connectivity index (χ2n) is 4.11. The zero-order valence-electron chi connectivity index (χ0n) is 10.2. The van der Waals surface area contributed by atoms with Crippen molar-refractivity contribution in [3.63, 3.8) is 0 Å². The monoisotopic (exact) mass is 236 g/mol. The molecule has 2 atom stereocenters. The standard InChI is InChI=1S/C11H16N4O2/c1-4-9(16)7(2)11-13-10(14-17-11)8-5-12-6-15(8)3/h5-7,9,16H,4H2,1-3H3. The minimum absolute atomic E-state index is 0.158. The van der Waals surface area contributed by atoms with Crippen molar-refractivity contribution >= 4 is 0 Å². The average molecular weight is 236 g/mol. The van der Waals surface area contributed by atoms with Gasteiger partial charge in [-0.2, -0.15) is 4.98 Å². The third-order valence-electron chi connectivity index (χ3n) is 2.87. The highest BCUT2D eigenvalue weighted by atomic mass is 16.5. The minimum Gasteiger partial charge on any atom is -0.392 e. The smallest absolute Gasteiger partial charge is 0.232 e. The molecule has 6 heteroatoms. The molecule has 2 heterocycles. The molecule has 0 fully saturated rings. The quantitative estimate of drug-likeness (QED) is 0.866. The second-order valence-corrected chi connectivity index (χ2v) is 4.11. The Morgan fingerprint density at radius 1 is 1.53 bits per heavy atom. The van der Waals surface area contributed by atoms with Crippen molar-refractivity contribution in [2.75, 3.05) is 0 Å². The van der Waals surface area contributed by atoms with Gasteiger partial charge in [0.2, 0.25) is 11.7 Å². The summed E-state index contributed by atoms with van der Waals surface area (Å²) in [4.78, 5) is 8.28. The van der Waals surface area contributed by atoms with Crippen LogP contribution in [0.5, 0.6) is 0 Å². The van der Waals surface area contributed by atoms with Crippen LogP contribution in [0.15, 0.2) is 17.0 Å². The molecule has 2 rings (SSSR count). The van der Waals surface area contributed by atoms with Crippen molar-refractivity contribution in [2.24, 2.45) is 7.05 Å². The molecular weight excluding hydrogens is 220 g/mol. The van der Waals surface area contributed by atoms with Crippen molar-refractivity contribution in [1.82, 2.24) is 19.7 Å². The Morgan fingerprint density at radius 3 is 2.88 bits per heavy atom. The molecule has 0 saturated heterocycles. The lowest BCUT2D eigenvalue weighted by Crippen LogP contribution is -2.14. The summed E-state index contributed by atoms with van der Waals surface area (Å²) >= 11 is 0. The van der Waals surface area contributed by atoms with Gasteiger partial charge in [0.15, 0.2) is 0 Å². The second kappa shape index (κ2) is 4.67. The molecule has 0 bridgehead atoms. The van der Waals surface area contributed by atoms with E-state index in [9.17, 15) is 5.11 Å². The summed E-state index contributed by atoms with van der Waals surface area (Å²) in [5, 5.41) is 13.6. The van der Waals surface area contributed by atoms with E-state index in [-0.39, 0.29) is 5.92 Å². The lowest BCUT2D eigenvalue weighted by molar-refractivity contribution is 0.129. The van der Waals surface area contributed by atoms with E-state index >= 15 is 0 Å². The first kappa shape index (κ1) is 11.8. The Labute approximate surface area is 99.3 Å². The van der Waals surface area contributed by atoms with Gasteiger partial charge in [0.25, 0.3) is 0 Å². The van der Waals surface area contributed by atoms with Crippen LogP contribution in [0.1, 0.15) is 32.1 Å². The maximum Gasteiger partial charge on any atom is 0.232 e. The molecule has 0 spiro atoms. The molecule has 0 amide bonds. The van der Waals surface area contributed by atoms with Crippen molar-refractivity contribution in [3.05, 3.63) is 18.4 Å². The van der Waals surface area contributed by atoms with Gasteiger partial charge in [-0.15, -0.1) is 0 Å². The van der Waals surface area contributed by atoms with E-state index in [2.05, 4.69) is 15.1 Å². The van der Waals surface area contributed by atoms with Crippen LogP contribution in [0.4, 0.5) is 0 Å². The maximum atomic E-state index is 9.73. The van der Waals surface area contributed by atoms with Crippen LogP contribution in [0.25, 0.3) is 11.5 Å². The summed E-state index contributed by atoms with van der Waals surface area (Å²) < 4.78 is 6.98. The fourth-order valence-corrected chi connectivity index (χ4v) is 1.61. The fourth-order valence-electron chi connectivity index (χ4n) is 1.61. The van der Waals surface area contributed by atoms with E-state index in [1.54, 1.807) is 12.5 Å². The first-order valence-electron chi connectivity index (χ1n) is 5.61. The summed E-state index contributed by atoms with van der Waals surface area (Å²) in [6.45, 7) is 3.79. The number of aromatic nitrogens is 4. The molecule has 6 nitrogen and oxygen atoms in total. The predicted octanol–water partition coefficient (Wildman–Crippen LogP) is 1.34. The highest BCUT2D eigenvalue weighted by Gasteiger charge is 2.22. The zero-order chi connectivity index (χ0) is 12.4. The number of nitrogens with zero attached hydrogens (tertiary/aromatic N) is 4. The van der Waals surface area contributed by atoms with Gasteiger partial charge in [-0.25, -0.2) is 4.98 Å². The van der Waals surface area contributed by atoms with Crippen LogP contribution in [0.2, 0.25) is 0 Å². The van der Waals surface area contributed by atoms with Crippen LogP contribution in [-0.2, 0) is 7.05 Å². The highest BCUT2D eigenvalue weighted by Crippen LogP contribution is 2.22. The molecule has 17 heavy (non-hydrogen) atoms. The molecule has 0 radical (unpaired) electrons. The van der Waals surface area contributed by atoms with Crippen molar-refractivity contribution in [1.29, 1.82) is 0 Å². The van der Waals surface area contributed by atoms with Crippen LogP contribution in [0.3, 0.4) is 0 Å². The third-order valence-corrected chi connectivity index (χ3v) is 2.87. The van der Waals surface area contributed by atoms with Crippen molar-refractivity contribution in [2.45, 2.75) is 32.3 Å². The molecule has 2 aromatic rings. The Kier molecular flexibility index (Phi) is 3.23. The Hall–Kier alpha value is -1.69. The number of rotatable bonds is 4. The van der Waals surface area contributed by atoms with Gasteiger partial charge in [-0.3, -0.25) is 0 Å². The molecule has 1 N–H and O–H groups in total. The largest absolute Gasteiger partial charge is 0.392 e. The number of aliphatic hydroxyl groups is 1. The van der Waals surface area contributed by atoms with E-state index in [0.29, 0.717) is 18.1 Å². The third kappa shape index (κ3) is 2.21. The van der Waals surface area contributed by atoms with E-state index in [1.807, 2.05) is 25.5 Å². The van der Waals surface area contributed by atoms with Gasteiger partial charge < -0.3 is 14.2 Å². The van der Waals surface area contributed by atoms with E-state index < -0.39 is 6.10 Å². The molecule has 2 unspecified atom stereocenters. The SMILES string of the molecule is CCC(O)C(C)c1nc(-c2cncn2C)no1. The van der Waals surface area contributed by atoms with Gasteiger partial charge in [-0.05, 0) is 6.42 Å².